The van der Waals surface area contributed by atoms with Gasteiger partial charge in [0.1, 0.15) is 15.7 Å². The number of nitrogens with two attached hydrogens (primary N) is 1. The van der Waals surface area contributed by atoms with Crippen molar-refractivity contribution < 1.29 is 12.8 Å². The first kappa shape index (κ1) is 12.2. The predicted molar refractivity (Wildman–Crippen MR) is 66.1 cm³/mol. The van der Waals surface area contributed by atoms with Crippen LogP contribution in [0.4, 0.5) is 15.8 Å². The number of nitrogens with one attached hydrogen (secondary N) is 1. The number of benzene rings is 1. The van der Waals surface area contributed by atoms with Crippen LogP contribution in [0, 0.1) is 5.82 Å². The zero-order valence-corrected chi connectivity index (χ0v) is 10.1. The van der Waals surface area contributed by atoms with Crippen LogP contribution in [0.3, 0.4) is 0 Å². The number of rotatable bonds is 2. The maximum Gasteiger partial charge on any atom is 0.150 e. The minimum Gasteiger partial charge on any atom is -0.397 e. The van der Waals surface area contributed by atoms with Gasteiger partial charge in [0.25, 0.3) is 0 Å². The lowest BCUT2D eigenvalue weighted by atomic mass is 10.1. The molecule has 0 bridgehead atoms. The standard InChI is InChI=1S/C11H15FN2O2S/c12-8-1-2-11(10(13)7-8)14-9-3-5-17(15,16)6-4-9/h1-2,7,9,14H,3-6,13H2. The summed E-state index contributed by atoms with van der Waals surface area (Å²) >= 11 is 0. The molecular weight excluding hydrogens is 243 g/mol. The Kier molecular flexibility index (Phi) is 3.24. The van der Waals surface area contributed by atoms with Gasteiger partial charge in [0.15, 0.2) is 0 Å². The Morgan fingerprint density at radius 3 is 2.53 bits per heavy atom. The molecule has 2 rings (SSSR count). The van der Waals surface area contributed by atoms with Gasteiger partial charge >= 0.3 is 0 Å². The van der Waals surface area contributed by atoms with Crippen molar-refractivity contribution in [1.29, 1.82) is 0 Å². The molecule has 0 aliphatic carbocycles. The lowest BCUT2D eigenvalue weighted by Gasteiger charge is -2.24. The number of nitrogen functional groups attached to an aromatic ring is 1. The average Bonchev–Trinajstić information content (AvgIpc) is 2.25. The van der Waals surface area contributed by atoms with Crippen LogP contribution in [-0.2, 0) is 9.84 Å². The summed E-state index contributed by atoms with van der Waals surface area (Å²) in [6.45, 7) is 0. The molecule has 0 spiro atoms. The molecule has 0 unspecified atom stereocenters. The van der Waals surface area contributed by atoms with E-state index in [0.717, 1.165) is 0 Å². The van der Waals surface area contributed by atoms with Gasteiger partial charge in [-0.25, -0.2) is 12.8 Å². The molecule has 0 radical (unpaired) electrons. The van der Waals surface area contributed by atoms with E-state index >= 15 is 0 Å². The number of anilines is 2. The van der Waals surface area contributed by atoms with Crippen LogP contribution < -0.4 is 11.1 Å². The summed E-state index contributed by atoms with van der Waals surface area (Å²) in [5.41, 5.74) is 6.68. The van der Waals surface area contributed by atoms with E-state index < -0.39 is 9.84 Å². The summed E-state index contributed by atoms with van der Waals surface area (Å²) in [6, 6.07) is 4.25. The van der Waals surface area contributed by atoms with E-state index in [2.05, 4.69) is 5.32 Å². The third-order valence-electron chi connectivity index (χ3n) is 2.93. The van der Waals surface area contributed by atoms with E-state index in [-0.39, 0.29) is 23.4 Å². The van der Waals surface area contributed by atoms with Crippen molar-refractivity contribution in [2.45, 2.75) is 18.9 Å². The van der Waals surface area contributed by atoms with Gasteiger partial charge in [-0.2, -0.15) is 0 Å². The topological polar surface area (TPSA) is 72.2 Å². The van der Waals surface area contributed by atoms with Crippen molar-refractivity contribution in [2.24, 2.45) is 0 Å². The molecule has 0 atom stereocenters. The molecule has 1 aliphatic rings. The zero-order chi connectivity index (χ0) is 12.5. The van der Waals surface area contributed by atoms with E-state index in [9.17, 15) is 12.8 Å². The summed E-state index contributed by atoms with van der Waals surface area (Å²) in [6.07, 6.45) is 1.14. The Labute approximate surface area is 99.9 Å². The van der Waals surface area contributed by atoms with Crippen LogP contribution in [0.1, 0.15) is 12.8 Å². The van der Waals surface area contributed by atoms with Crippen molar-refractivity contribution in [2.75, 3.05) is 22.6 Å². The Balaban J connectivity index is 2.02. The molecule has 1 aliphatic heterocycles. The van der Waals surface area contributed by atoms with Crippen LogP contribution >= 0.6 is 0 Å². The van der Waals surface area contributed by atoms with Crippen molar-refractivity contribution >= 4 is 21.2 Å². The van der Waals surface area contributed by atoms with Crippen LogP contribution in [-0.4, -0.2) is 26.0 Å². The average molecular weight is 258 g/mol. The number of sulfone groups is 1. The number of halogens is 1. The molecule has 3 N–H and O–H groups in total. The number of hydrogen-bond donors (Lipinski definition) is 2. The largest absolute Gasteiger partial charge is 0.397 e. The van der Waals surface area contributed by atoms with E-state index in [0.29, 0.717) is 24.2 Å². The van der Waals surface area contributed by atoms with Gasteiger partial charge in [0.2, 0.25) is 0 Å². The summed E-state index contributed by atoms with van der Waals surface area (Å²) in [5.74, 6) is 0.0247. The molecule has 0 saturated carbocycles. The molecule has 1 aromatic carbocycles. The van der Waals surface area contributed by atoms with Gasteiger partial charge in [0.05, 0.1) is 22.9 Å². The molecule has 6 heteroatoms. The second-order valence-electron chi connectivity index (χ2n) is 4.30. The summed E-state index contributed by atoms with van der Waals surface area (Å²) in [4.78, 5) is 0. The van der Waals surface area contributed by atoms with Crippen molar-refractivity contribution in [3.05, 3.63) is 24.0 Å². The molecule has 17 heavy (non-hydrogen) atoms. The van der Waals surface area contributed by atoms with E-state index in [1.807, 2.05) is 0 Å². The van der Waals surface area contributed by atoms with Crippen molar-refractivity contribution in [3.8, 4) is 0 Å². The van der Waals surface area contributed by atoms with Crippen molar-refractivity contribution in [1.82, 2.24) is 0 Å². The normalized spacial score (nSPS) is 20.1. The molecule has 1 fully saturated rings. The fourth-order valence-corrected chi connectivity index (χ4v) is 3.41. The maximum atomic E-state index is 12.8. The highest BCUT2D eigenvalue weighted by Gasteiger charge is 2.23. The van der Waals surface area contributed by atoms with Gasteiger partial charge in [-0.15, -0.1) is 0 Å². The maximum absolute atomic E-state index is 12.8. The molecule has 1 heterocycles. The summed E-state index contributed by atoms with van der Waals surface area (Å²) in [7, 11) is -2.86. The molecule has 94 valence electrons. The molecule has 0 amide bonds. The van der Waals surface area contributed by atoms with Crippen molar-refractivity contribution in [3.63, 3.8) is 0 Å². The highest BCUT2D eigenvalue weighted by molar-refractivity contribution is 7.91. The van der Waals surface area contributed by atoms with Gasteiger partial charge < -0.3 is 11.1 Å². The van der Waals surface area contributed by atoms with Gasteiger partial charge in [-0.1, -0.05) is 0 Å². The van der Waals surface area contributed by atoms with E-state index in [4.69, 9.17) is 5.73 Å². The quantitative estimate of drug-likeness (QED) is 0.786. The number of hydrogen-bond acceptors (Lipinski definition) is 4. The molecule has 1 saturated heterocycles. The van der Waals surface area contributed by atoms with Gasteiger partial charge in [-0.3, -0.25) is 0 Å². The van der Waals surface area contributed by atoms with E-state index in [1.54, 1.807) is 6.07 Å². The highest BCUT2D eigenvalue weighted by atomic mass is 32.2. The summed E-state index contributed by atoms with van der Waals surface area (Å²) in [5, 5.41) is 3.16. The third-order valence-corrected chi connectivity index (χ3v) is 4.64. The lowest BCUT2D eigenvalue weighted by Crippen LogP contribution is -2.32. The van der Waals surface area contributed by atoms with Crippen LogP contribution in [0.15, 0.2) is 18.2 Å². The van der Waals surface area contributed by atoms with Crippen LogP contribution in [0.25, 0.3) is 0 Å². The van der Waals surface area contributed by atoms with Crippen LogP contribution in [0.5, 0.6) is 0 Å². The third kappa shape index (κ3) is 3.09. The van der Waals surface area contributed by atoms with Gasteiger partial charge in [-0.05, 0) is 31.0 Å². The smallest absolute Gasteiger partial charge is 0.150 e. The first-order valence-electron chi connectivity index (χ1n) is 5.48. The Bertz CT molecular complexity index is 502. The Morgan fingerprint density at radius 1 is 1.29 bits per heavy atom. The van der Waals surface area contributed by atoms with Crippen LogP contribution in [0.2, 0.25) is 0 Å². The highest BCUT2D eigenvalue weighted by Crippen LogP contribution is 2.23. The second-order valence-corrected chi connectivity index (χ2v) is 6.61. The Hall–Kier alpha value is -1.30. The summed E-state index contributed by atoms with van der Waals surface area (Å²) < 4.78 is 35.4. The Morgan fingerprint density at radius 2 is 1.94 bits per heavy atom. The first-order valence-corrected chi connectivity index (χ1v) is 7.30. The molecular formula is C11H15FN2O2S. The molecule has 0 aromatic heterocycles. The lowest BCUT2D eigenvalue weighted by molar-refractivity contribution is 0.559. The molecule has 1 aromatic rings. The zero-order valence-electron chi connectivity index (χ0n) is 9.32. The fourth-order valence-electron chi connectivity index (χ4n) is 1.92. The SMILES string of the molecule is Nc1cc(F)ccc1NC1CCS(=O)(=O)CC1. The minimum absolute atomic E-state index is 0.0892. The molecule has 4 nitrogen and oxygen atoms in total. The first-order chi connectivity index (χ1) is 7.96. The predicted octanol–water partition coefficient (Wildman–Crippen LogP) is 1.40. The fraction of sp³-hybridized carbons (Fsp3) is 0.455. The van der Waals surface area contributed by atoms with E-state index in [1.165, 1.54) is 12.1 Å². The van der Waals surface area contributed by atoms with Gasteiger partial charge in [0, 0.05) is 6.04 Å². The monoisotopic (exact) mass is 258 g/mol. The second kappa shape index (κ2) is 4.52. The minimum atomic E-state index is -2.86.